The molecule has 0 aromatic carbocycles. The van der Waals surface area contributed by atoms with Crippen molar-refractivity contribution in [3.8, 4) is 0 Å². The van der Waals surface area contributed by atoms with Crippen LogP contribution in [0.3, 0.4) is 0 Å². The van der Waals surface area contributed by atoms with Crippen LogP contribution < -0.4 is 0 Å². The molecule has 3 heteroatoms. The molecule has 0 saturated heterocycles. The van der Waals surface area contributed by atoms with Gasteiger partial charge in [0.15, 0.2) is 9.04 Å². The molecular weight excluding hydrogens is 132 g/mol. The molecular formula is C6H16O2Si. The van der Waals surface area contributed by atoms with E-state index in [2.05, 4.69) is 6.55 Å². The Morgan fingerprint density at radius 2 is 1.89 bits per heavy atom. The number of rotatable bonds is 5. The van der Waals surface area contributed by atoms with Crippen LogP contribution in [0.15, 0.2) is 0 Å². The van der Waals surface area contributed by atoms with Gasteiger partial charge in [-0.05, 0) is 20.4 Å². The Morgan fingerprint density at radius 3 is 2.33 bits per heavy atom. The number of ether oxygens (including phenoxy) is 1. The summed E-state index contributed by atoms with van der Waals surface area (Å²) < 4.78 is 10.5. The zero-order chi connectivity index (χ0) is 7.11. The zero-order valence-corrected chi connectivity index (χ0v) is 7.67. The van der Waals surface area contributed by atoms with Crippen molar-refractivity contribution in [2.75, 3.05) is 19.4 Å². The SMILES string of the molecule is CCOC[SiH](C)OCC. The van der Waals surface area contributed by atoms with E-state index in [0.717, 1.165) is 19.4 Å². The van der Waals surface area contributed by atoms with E-state index in [1.807, 2.05) is 13.8 Å². The van der Waals surface area contributed by atoms with E-state index in [4.69, 9.17) is 9.16 Å². The molecule has 1 unspecified atom stereocenters. The van der Waals surface area contributed by atoms with Crippen LogP contribution in [-0.4, -0.2) is 28.5 Å². The first-order chi connectivity index (χ1) is 4.31. The second-order valence-corrected chi connectivity index (χ2v) is 4.21. The molecule has 0 N–H and O–H groups in total. The Kier molecular flexibility index (Phi) is 6.35. The fourth-order valence-corrected chi connectivity index (χ4v) is 1.85. The van der Waals surface area contributed by atoms with Crippen molar-refractivity contribution >= 4 is 9.04 Å². The summed E-state index contributed by atoms with van der Waals surface area (Å²) in [6.45, 7) is 7.83. The van der Waals surface area contributed by atoms with Gasteiger partial charge in [0.25, 0.3) is 0 Å². The molecule has 56 valence electrons. The molecule has 1 atom stereocenters. The highest BCUT2D eigenvalue weighted by Gasteiger charge is 2.00. The molecule has 0 fully saturated rings. The van der Waals surface area contributed by atoms with Gasteiger partial charge in [-0.3, -0.25) is 0 Å². The Balaban J connectivity index is 2.95. The molecule has 0 aromatic rings. The minimum Gasteiger partial charge on any atom is -0.418 e. The van der Waals surface area contributed by atoms with Crippen LogP contribution in [0.25, 0.3) is 0 Å². The van der Waals surface area contributed by atoms with E-state index >= 15 is 0 Å². The van der Waals surface area contributed by atoms with Crippen molar-refractivity contribution in [2.24, 2.45) is 0 Å². The normalized spacial score (nSPS) is 13.7. The predicted molar refractivity (Wildman–Crippen MR) is 41.1 cm³/mol. The van der Waals surface area contributed by atoms with Crippen LogP contribution in [0.1, 0.15) is 13.8 Å². The van der Waals surface area contributed by atoms with Gasteiger partial charge < -0.3 is 9.16 Å². The van der Waals surface area contributed by atoms with Crippen LogP contribution >= 0.6 is 0 Å². The Hall–Kier alpha value is 0.137. The smallest absolute Gasteiger partial charge is 0.199 e. The van der Waals surface area contributed by atoms with Gasteiger partial charge in [0.1, 0.15) is 0 Å². The fraction of sp³-hybridized carbons (Fsp3) is 1.00. The van der Waals surface area contributed by atoms with Crippen molar-refractivity contribution in [2.45, 2.75) is 20.4 Å². The van der Waals surface area contributed by atoms with Crippen molar-refractivity contribution in [1.29, 1.82) is 0 Å². The molecule has 0 rings (SSSR count). The lowest BCUT2D eigenvalue weighted by Crippen LogP contribution is -2.21. The summed E-state index contributed by atoms with van der Waals surface area (Å²) in [5, 5.41) is 0. The third-order valence-corrected chi connectivity index (χ3v) is 2.62. The summed E-state index contributed by atoms with van der Waals surface area (Å²) in [5.41, 5.74) is 0. The molecule has 0 amide bonds. The van der Waals surface area contributed by atoms with Crippen LogP contribution in [0.2, 0.25) is 6.55 Å². The lowest BCUT2D eigenvalue weighted by molar-refractivity contribution is 0.174. The standard InChI is InChI=1S/C6H16O2Si/c1-4-7-6-9(3)8-5-2/h9H,4-6H2,1-3H3. The monoisotopic (exact) mass is 148 g/mol. The highest BCUT2D eigenvalue weighted by atomic mass is 28.3. The minimum absolute atomic E-state index is 0.810. The molecule has 0 aliphatic carbocycles. The third-order valence-electron chi connectivity index (χ3n) is 1.01. The van der Waals surface area contributed by atoms with Gasteiger partial charge in [0.2, 0.25) is 0 Å². The third kappa shape index (κ3) is 6.02. The van der Waals surface area contributed by atoms with E-state index in [9.17, 15) is 0 Å². The molecule has 2 nitrogen and oxygen atoms in total. The minimum atomic E-state index is -0.942. The van der Waals surface area contributed by atoms with Gasteiger partial charge in [-0.25, -0.2) is 0 Å². The van der Waals surface area contributed by atoms with Gasteiger partial charge in [-0.15, -0.1) is 0 Å². The Labute approximate surface area is 58.9 Å². The average Bonchev–Trinajstić information content (AvgIpc) is 1.85. The summed E-state index contributed by atoms with van der Waals surface area (Å²) in [6, 6.07) is 0. The molecule has 0 aliphatic rings. The summed E-state index contributed by atoms with van der Waals surface area (Å²) >= 11 is 0. The van der Waals surface area contributed by atoms with Crippen molar-refractivity contribution < 1.29 is 9.16 Å². The molecule has 9 heavy (non-hydrogen) atoms. The molecule has 0 heterocycles. The first-order valence-corrected chi connectivity index (χ1v) is 5.94. The van der Waals surface area contributed by atoms with Gasteiger partial charge in [0.05, 0.1) is 6.23 Å². The topological polar surface area (TPSA) is 18.5 Å². The zero-order valence-electron chi connectivity index (χ0n) is 6.52. The van der Waals surface area contributed by atoms with E-state index in [-0.39, 0.29) is 0 Å². The first kappa shape index (κ1) is 9.14. The molecule has 0 aliphatic heterocycles. The lowest BCUT2D eigenvalue weighted by atomic mass is 10.9. The van der Waals surface area contributed by atoms with Crippen molar-refractivity contribution in [1.82, 2.24) is 0 Å². The fourth-order valence-electron chi connectivity index (χ4n) is 0.616. The largest absolute Gasteiger partial charge is 0.418 e. The van der Waals surface area contributed by atoms with Gasteiger partial charge in [0, 0.05) is 13.2 Å². The van der Waals surface area contributed by atoms with Crippen LogP contribution in [0, 0.1) is 0 Å². The maximum atomic E-state index is 5.36. The van der Waals surface area contributed by atoms with Gasteiger partial charge in [-0.2, -0.15) is 0 Å². The van der Waals surface area contributed by atoms with Gasteiger partial charge >= 0.3 is 0 Å². The van der Waals surface area contributed by atoms with Crippen LogP contribution in [-0.2, 0) is 9.16 Å². The molecule has 0 spiro atoms. The van der Waals surface area contributed by atoms with Gasteiger partial charge in [-0.1, -0.05) is 0 Å². The molecule has 0 bridgehead atoms. The maximum Gasteiger partial charge on any atom is 0.199 e. The van der Waals surface area contributed by atoms with E-state index < -0.39 is 9.04 Å². The second-order valence-electron chi connectivity index (χ2n) is 1.93. The summed E-state index contributed by atoms with van der Waals surface area (Å²) in [5.74, 6) is 0. The molecule has 0 aromatic heterocycles. The predicted octanol–water partition coefficient (Wildman–Crippen LogP) is 0.952. The second kappa shape index (κ2) is 6.26. The van der Waals surface area contributed by atoms with Crippen LogP contribution in [0.4, 0.5) is 0 Å². The van der Waals surface area contributed by atoms with E-state index in [1.54, 1.807) is 0 Å². The number of hydrogen-bond donors (Lipinski definition) is 0. The highest BCUT2D eigenvalue weighted by molar-refractivity contribution is 6.49. The number of hydrogen-bond acceptors (Lipinski definition) is 2. The van der Waals surface area contributed by atoms with Crippen molar-refractivity contribution in [3.05, 3.63) is 0 Å². The molecule has 0 radical (unpaired) electrons. The molecule has 0 saturated carbocycles. The Bertz CT molecular complexity index is 59.0. The summed E-state index contributed by atoms with van der Waals surface area (Å²) in [6.07, 6.45) is 0.852. The lowest BCUT2D eigenvalue weighted by Gasteiger charge is -2.08. The quantitative estimate of drug-likeness (QED) is 0.540. The average molecular weight is 148 g/mol. The highest BCUT2D eigenvalue weighted by Crippen LogP contribution is 1.85. The maximum absolute atomic E-state index is 5.36. The first-order valence-electron chi connectivity index (χ1n) is 3.50. The summed E-state index contributed by atoms with van der Waals surface area (Å²) in [7, 11) is -0.942. The van der Waals surface area contributed by atoms with E-state index in [0.29, 0.717) is 0 Å². The van der Waals surface area contributed by atoms with Crippen LogP contribution in [0.5, 0.6) is 0 Å². The van der Waals surface area contributed by atoms with E-state index in [1.165, 1.54) is 0 Å². The Morgan fingerprint density at radius 1 is 1.22 bits per heavy atom. The van der Waals surface area contributed by atoms with Crippen molar-refractivity contribution in [3.63, 3.8) is 0 Å². The summed E-state index contributed by atoms with van der Waals surface area (Å²) in [4.78, 5) is 0.